The molecule has 96 valence electrons. The van der Waals surface area contributed by atoms with Gasteiger partial charge < -0.3 is 9.84 Å². The van der Waals surface area contributed by atoms with Crippen LogP contribution in [0.15, 0.2) is 38.2 Å². The molecule has 1 aromatic carbocycles. The van der Waals surface area contributed by atoms with E-state index < -0.39 is 0 Å². The molecule has 0 aliphatic heterocycles. The van der Waals surface area contributed by atoms with E-state index in [0.717, 1.165) is 10.3 Å². The molecule has 0 saturated carbocycles. The predicted octanol–water partition coefficient (Wildman–Crippen LogP) is 3.40. The van der Waals surface area contributed by atoms with Crippen LogP contribution in [0, 0.1) is 0 Å². The first-order chi connectivity index (χ1) is 8.69. The van der Waals surface area contributed by atoms with Gasteiger partial charge in [-0.05, 0) is 38.2 Å². The summed E-state index contributed by atoms with van der Waals surface area (Å²) in [4.78, 5) is 5.53. The van der Waals surface area contributed by atoms with Crippen molar-refractivity contribution in [1.29, 1.82) is 0 Å². The number of hydrogen-bond acceptors (Lipinski definition) is 5. The normalized spacial score (nSPS) is 12.6. The zero-order valence-corrected chi connectivity index (χ0v) is 12.6. The van der Waals surface area contributed by atoms with E-state index in [2.05, 4.69) is 43.5 Å². The largest absolute Gasteiger partial charge is 0.338 e. The molecule has 18 heavy (non-hydrogen) atoms. The van der Waals surface area contributed by atoms with E-state index in [4.69, 9.17) is 4.52 Å². The maximum atomic E-state index is 5.18. The summed E-state index contributed by atoms with van der Waals surface area (Å²) in [7, 11) is 1.87. The Morgan fingerprint density at radius 3 is 2.78 bits per heavy atom. The lowest BCUT2D eigenvalue weighted by Gasteiger charge is -2.01. The lowest BCUT2D eigenvalue weighted by molar-refractivity contribution is 0.344. The average molecular weight is 328 g/mol. The molecule has 2 rings (SSSR count). The van der Waals surface area contributed by atoms with Crippen LogP contribution in [0.4, 0.5) is 0 Å². The van der Waals surface area contributed by atoms with Crippen molar-refractivity contribution in [2.75, 3.05) is 7.05 Å². The first-order valence-corrected chi connectivity index (χ1v) is 7.35. The van der Waals surface area contributed by atoms with E-state index in [-0.39, 0.29) is 6.04 Å². The Bertz CT molecular complexity index is 500. The second-order valence-electron chi connectivity index (χ2n) is 3.80. The van der Waals surface area contributed by atoms with Gasteiger partial charge in [0, 0.05) is 9.37 Å². The number of thioether (sulfide) groups is 1. The van der Waals surface area contributed by atoms with Crippen LogP contribution in [0.3, 0.4) is 0 Å². The topological polar surface area (TPSA) is 51.0 Å². The van der Waals surface area contributed by atoms with Crippen molar-refractivity contribution >= 4 is 27.7 Å². The molecule has 0 saturated heterocycles. The highest BCUT2D eigenvalue weighted by Crippen LogP contribution is 2.23. The highest BCUT2D eigenvalue weighted by atomic mass is 79.9. The Morgan fingerprint density at radius 1 is 1.39 bits per heavy atom. The van der Waals surface area contributed by atoms with Gasteiger partial charge in [-0.2, -0.15) is 4.98 Å². The maximum absolute atomic E-state index is 5.18. The Morgan fingerprint density at radius 2 is 2.11 bits per heavy atom. The van der Waals surface area contributed by atoms with Gasteiger partial charge in [0.05, 0.1) is 11.8 Å². The minimum atomic E-state index is 0.0870. The second kappa shape index (κ2) is 6.36. The van der Waals surface area contributed by atoms with Crippen molar-refractivity contribution in [3.8, 4) is 0 Å². The number of nitrogens with zero attached hydrogens (tertiary/aromatic N) is 2. The number of rotatable bonds is 5. The lowest BCUT2D eigenvalue weighted by atomic mass is 10.3. The van der Waals surface area contributed by atoms with Crippen LogP contribution >= 0.6 is 27.7 Å². The fourth-order valence-corrected chi connectivity index (χ4v) is 2.31. The highest BCUT2D eigenvalue weighted by molar-refractivity contribution is 9.10. The van der Waals surface area contributed by atoms with Crippen LogP contribution in [-0.2, 0) is 5.75 Å². The molecule has 0 bridgehead atoms. The number of halogens is 1. The first-order valence-electron chi connectivity index (χ1n) is 5.57. The zero-order valence-electron chi connectivity index (χ0n) is 10.2. The quantitative estimate of drug-likeness (QED) is 0.853. The molecule has 1 aromatic heterocycles. The minimum Gasteiger partial charge on any atom is -0.338 e. The third kappa shape index (κ3) is 3.57. The van der Waals surface area contributed by atoms with Crippen molar-refractivity contribution in [2.24, 2.45) is 0 Å². The van der Waals surface area contributed by atoms with Crippen LogP contribution in [0.5, 0.6) is 0 Å². The zero-order chi connectivity index (χ0) is 13.0. The fourth-order valence-electron chi connectivity index (χ4n) is 1.30. The highest BCUT2D eigenvalue weighted by Gasteiger charge is 2.12. The summed E-state index contributed by atoms with van der Waals surface area (Å²) in [6, 6.07) is 8.25. The van der Waals surface area contributed by atoms with E-state index in [1.54, 1.807) is 11.8 Å². The number of benzene rings is 1. The third-order valence-corrected chi connectivity index (χ3v) is 4.01. The van der Waals surface area contributed by atoms with Gasteiger partial charge in [-0.3, -0.25) is 0 Å². The molecule has 6 heteroatoms. The monoisotopic (exact) mass is 327 g/mol. The molecule has 2 aromatic rings. The van der Waals surface area contributed by atoms with E-state index in [0.29, 0.717) is 11.6 Å². The molecule has 0 aliphatic carbocycles. The van der Waals surface area contributed by atoms with E-state index in [1.165, 1.54) is 4.90 Å². The summed E-state index contributed by atoms with van der Waals surface area (Å²) in [5.74, 6) is 2.06. The minimum absolute atomic E-state index is 0.0870. The standard InChI is InChI=1S/C12H14BrN3OS/c1-8(14-2)12-15-11(16-17-12)7-18-10-5-3-9(13)4-6-10/h3-6,8,14H,7H2,1-2H3. The van der Waals surface area contributed by atoms with E-state index >= 15 is 0 Å². The summed E-state index contributed by atoms with van der Waals surface area (Å²) in [6.07, 6.45) is 0. The molecule has 1 atom stereocenters. The van der Waals surface area contributed by atoms with Crippen LogP contribution in [0.25, 0.3) is 0 Å². The smallest absolute Gasteiger partial charge is 0.243 e. The van der Waals surface area contributed by atoms with E-state index in [9.17, 15) is 0 Å². The Kier molecular flexibility index (Phi) is 4.79. The van der Waals surface area contributed by atoms with Gasteiger partial charge in [0.1, 0.15) is 0 Å². The van der Waals surface area contributed by atoms with Crippen molar-refractivity contribution in [2.45, 2.75) is 23.6 Å². The predicted molar refractivity (Wildman–Crippen MR) is 75.5 cm³/mol. The molecular formula is C12H14BrN3OS. The van der Waals surface area contributed by atoms with Crippen molar-refractivity contribution < 1.29 is 4.52 Å². The molecule has 0 aliphatic rings. The molecular weight excluding hydrogens is 314 g/mol. The fraction of sp³-hybridized carbons (Fsp3) is 0.333. The van der Waals surface area contributed by atoms with Gasteiger partial charge >= 0.3 is 0 Å². The molecule has 1 heterocycles. The van der Waals surface area contributed by atoms with Crippen LogP contribution < -0.4 is 5.32 Å². The van der Waals surface area contributed by atoms with Crippen molar-refractivity contribution in [3.63, 3.8) is 0 Å². The van der Waals surface area contributed by atoms with Crippen molar-refractivity contribution in [1.82, 2.24) is 15.5 Å². The third-order valence-electron chi connectivity index (χ3n) is 2.47. The first kappa shape index (κ1) is 13.6. The Balaban J connectivity index is 1.94. The van der Waals surface area contributed by atoms with Crippen LogP contribution in [-0.4, -0.2) is 17.2 Å². The van der Waals surface area contributed by atoms with Gasteiger partial charge in [0.25, 0.3) is 0 Å². The summed E-state index contributed by atoms with van der Waals surface area (Å²) < 4.78 is 6.26. The molecule has 4 nitrogen and oxygen atoms in total. The van der Waals surface area contributed by atoms with Gasteiger partial charge in [0.2, 0.25) is 5.89 Å². The van der Waals surface area contributed by atoms with Gasteiger partial charge in [-0.25, -0.2) is 0 Å². The van der Waals surface area contributed by atoms with Crippen LogP contribution in [0.1, 0.15) is 24.7 Å². The van der Waals surface area contributed by atoms with E-state index in [1.807, 2.05) is 26.1 Å². The van der Waals surface area contributed by atoms with Crippen molar-refractivity contribution in [3.05, 3.63) is 40.5 Å². The maximum Gasteiger partial charge on any atom is 0.243 e. The SMILES string of the molecule is CNC(C)c1nc(CSc2ccc(Br)cc2)no1. The summed E-state index contributed by atoms with van der Waals surface area (Å²) in [5, 5.41) is 7.03. The molecule has 0 spiro atoms. The average Bonchev–Trinajstić information content (AvgIpc) is 2.86. The molecule has 0 fully saturated rings. The lowest BCUT2D eigenvalue weighted by Crippen LogP contribution is -2.12. The molecule has 1 N–H and O–H groups in total. The summed E-state index contributed by atoms with van der Waals surface area (Å²) >= 11 is 5.10. The molecule has 0 radical (unpaired) electrons. The Hall–Kier alpha value is -0.850. The number of aromatic nitrogens is 2. The second-order valence-corrected chi connectivity index (χ2v) is 5.77. The van der Waals surface area contributed by atoms with Crippen LogP contribution in [0.2, 0.25) is 0 Å². The van der Waals surface area contributed by atoms with Gasteiger partial charge in [0.15, 0.2) is 5.82 Å². The number of nitrogens with one attached hydrogen (secondary N) is 1. The molecule has 1 unspecified atom stereocenters. The van der Waals surface area contributed by atoms with Gasteiger partial charge in [-0.1, -0.05) is 21.1 Å². The van der Waals surface area contributed by atoms with Gasteiger partial charge in [-0.15, -0.1) is 11.8 Å². The summed E-state index contributed by atoms with van der Waals surface area (Å²) in [5.41, 5.74) is 0. The number of hydrogen-bond donors (Lipinski definition) is 1. The molecule has 0 amide bonds. The Labute approximate surface area is 119 Å². The summed E-state index contributed by atoms with van der Waals surface area (Å²) in [6.45, 7) is 1.99.